The van der Waals surface area contributed by atoms with Crippen LogP contribution in [-0.2, 0) is 20.9 Å². The summed E-state index contributed by atoms with van der Waals surface area (Å²) in [5.74, 6) is -0.604. The minimum Gasteiger partial charge on any atom is -0.385 e. The Bertz CT molecular complexity index is 520. The van der Waals surface area contributed by atoms with E-state index in [0.717, 1.165) is 12.0 Å². The standard InChI is InChI=1S/C18H27FN2O3/c1-4-6-17(22)21(13-15-7-9-16(19)10-8-15)14(2)18(23)20-11-5-12-24-3/h7-10,14H,4-6,11-13H2,1-3H3,(H,20,23). The Morgan fingerprint density at radius 3 is 2.54 bits per heavy atom. The molecule has 24 heavy (non-hydrogen) atoms. The van der Waals surface area contributed by atoms with Gasteiger partial charge in [-0.15, -0.1) is 0 Å². The molecule has 0 heterocycles. The van der Waals surface area contributed by atoms with Crippen LogP contribution in [0.4, 0.5) is 4.39 Å². The summed E-state index contributed by atoms with van der Waals surface area (Å²) in [5.41, 5.74) is 0.792. The van der Waals surface area contributed by atoms with E-state index < -0.39 is 6.04 Å². The van der Waals surface area contributed by atoms with Crippen LogP contribution in [-0.4, -0.2) is 43.0 Å². The molecular formula is C18H27FN2O3. The summed E-state index contributed by atoms with van der Waals surface area (Å²) < 4.78 is 18.0. The first-order chi connectivity index (χ1) is 11.5. The van der Waals surface area contributed by atoms with Crippen LogP contribution >= 0.6 is 0 Å². The third kappa shape index (κ3) is 6.66. The molecule has 1 rings (SSSR count). The van der Waals surface area contributed by atoms with Crippen molar-refractivity contribution < 1.29 is 18.7 Å². The molecule has 6 heteroatoms. The molecule has 0 radical (unpaired) electrons. The summed E-state index contributed by atoms with van der Waals surface area (Å²) in [6.45, 7) is 4.99. The first-order valence-electron chi connectivity index (χ1n) is 8.30. The van der Waals surface area contributed by atoms with Gasteiger partial charge < -0.3 is 15.0 Å². The van der Waals surface area contributed by atoms with Crippen LogP contribution < -0.4 is 5.32 Å². The average Bonchev–Trinajstić information content (AvgIpc) is 2.57. The Kier molecular flexibility index (Phi) is 9.01. The monoisotopic (exact) mass is 338 g/mol. The molecule has 0 bridgehead atoms. The van der Waals surface area contributed by atoms with Crippen molar-refractivity contribution in [3.05, 3.63) is 35.6 Å². The Hall–Kier alpha value is -1.95. The van der Waals surface area contributed by atoms with Crippen molar-refractivity contribution in [3.63, 3.8) is 0 Å². The van der Waals surface area contributed by atoms with Crippen molar-refractivity contribution in [2.45, 2.75) is 45.7 Å². The highest BCUT2D eigenvalue weighted by molar-refractivity contribution is 5.87. The predicted molar refractivity (Wildman–Crippen MR) is 90.8 cm³/mol. The molecule has 1 N–H and O–H groups in total. The number of nitrogens with zero attached hydrogens (tertiary/aromatic N) is 1. The van der Waals surface area contributed by atoms with Gasteiger partial charge in [0.2, 0.25) is 11.8 Å². The smallest absolute Gasteiger partial charge is 0.242 e. The lowest BCUT2D eigenvalue weighted by Gasteiger charge is -2.28. The molecule has 0 aliphatic carbocycles. The van der Waals surface area contributed by atoms with Crippen LogP contribution in [0, 0.1) is 5.82 Å². The number of methoxy groups -OCH3 is 1. The number of ether oxygens (including phenoxy) is 1. The van der Waals surface area contributed by atoms with Crippen molar-refractivity contribution in [3.8, 4) is 0 Å². The Morgan fingerprint density at radius 1 is 1.29 bits per heavy atom. The molecule has 1 aromatic carbocycles. The second-order valence-corrected chi connectivity index (χ2v) is 5.71. The van der Waals surface area contributed by atoms with Crippen LogP contribution in [0.5, 0.6) is 0 Å². The molecular weight excluding hydrogens is 311 g/mol. The van der Waals surface area contributed by atoms with Gasteiger partial charge in [0, 0.05) is 33.2 Å². The summed E-state index contributed by atoms with van der Waals surface area (Å²) in [7, 11) is 1.61. The quantitative estimate of drug-likeness (QED) is 0.667. The van der Waals surface area contributed by atoms with E-state index in [1.165, 1.54) is 12.1 Å². The van der Waals surface area contributed by atoms with Crippen LogP contribution in [0.1, 0.15) is 38.7 Å². The van der Waals surface area contributed by atoms with Crippen molar-refractivity contribution >= 4 is 11.8 Å². The molecule has 2 amide bonds. The maximum atomic E-state index is 13.0. The van der Waals surface area contributed by atoms with Gasteiger partial charge in [-0.2, -0.15) is 0 Å². The summed E-state index contributed by atoms with van der Waals surface area (Å²) in [6.07, 6.45) is 1.80. The highest BCUT2D eigenvalue weighted by atomic mass is 19.1. The largest absolute Gasteiger partial charge is 0.385 e. The first-order valence-corrected chi connectivity index (χ1v) is 8.30. The van der Waals surface area contributed by atoms with E-state index in [2.05, 4.69) is 5.32 Å². The third-order valence-corrected chi connectivity index (χ3v) is 3.72. The number of halogens is 1. The van der Waals surface area contributed by atoms with Gasteiger partial charge in [0.05, 0.1) is 0 Å². The summed E-state index contributed by atoms with van der Waals surface area (Å²) in [4.78, 5) is 26.2. The zero-order valence-corrected chi connectivity index (χ0v) is 14.7. The number of nitrogens with one attached hydrogen (secondary N) is 1. The predicted octanol–water partition coefficient (Wildman–Crippen LogP) is 2.50. The topological polar surface area (TPSA) is 58.6 Å². The van der Waals surface area contributed by atoms with E-state index in [1.54, 1.807) is 31.1 Å². The first kappa shape index (κ1) is 20.1. The van der Waals surface area contributed by atoms with Crippen LogP contribution in [0.2, 0.25) is 0 Å². The van der Waals surface area contributed by atoms with Gasteiger partial charge >= 0.3 is 0 Å². The summed E-state index contributed by atoms with van der Waals surface area (Å²) in [6, 6.07) is 5.38. The lowest BCUT2D eigenvalue weighted by atomic mass is 10.1. The van der Waals surface area contributed by atoms with E-state index in [0.29, 0.717) is 26.0 Å². The minimum atomic E-state index is -0.586. The zero-order valence-electron chi connectivity index (χ0n) is 14.7. The van der Waals surface area contributed by atoms with Gasteiger partial charge in [0.15, 0.2) is 0 Å². The molecule has 0 fully saturated rings. The van der Waals surface area contributed by atoms with Crippen molar-refractivity contribution in [1.82, 2.24) is 10.2 Å². The van der Waals surface area contributed by atoms with Crippen molar-refractivity contribution in [2.75, 3.05) is 20.3 Å². The molecule has 1 aromatic rings. The molecule has 0 aromatic heterocycles. The van der Waals surface area contributed by atoms with Gasteiger partial charge in [-0.05, 0) is 37.5 Å². The Morgan fingerprint density at radius 2 is 1.96 bits per heavy atom. The van der Waals surface area contributed by atoms with Gasteiger partial charge in [0.1, 0.15) is 11.9 Å². The fraction of sp³-hybridized carbons (Fsp3) is 0.556. The van der Waals surface area contributed by atoms with Crippen molar-refractivity contribution in [2.24, 2.45) is 0 Å². The van der Waals surface area contributed by atoms with E-state index in [1.807, 2.05) is 6.92 Å². The number of hydrogen-bond donors (Lipinski definition) is 1. The van der Waals surface area contributed by atoms with E-state index in [-0.39, 0.29) is 24.2 Å². The molecule has 1 unspecified atom stereocenters. The summed E-state index contributed by atoms with van der Waals surface area (Å²) >= 11 is 0. The number of carbonyl (C=O) groups is 2. The van der Waals surface area contributed by atoms with E-state index in [9.17, 15) is 14.0 Å². The number of carbonyl (C=O) groups excluding carboxylic acids is 2. The third-order valence-electron chi connectivity index (χ3n) is 3.72. The van der Waals surface area contributed by atoms with Gasteiger partial charge in [-0.1, -0.05) is 19.1 Å². The average molecular weight is 338 g/mol. The molecule has 0 aliphatic heterocycles. The van der Waals surface area contributed by atoms with E-state index in [4.69, 9.17) is 4.74 Å². The number of hydrogen-bond acceptors (Lipinski definition) is 3. The maximum absolute atomic E-state index is 13.0. The van der Waals surface area contributed by atoms with Gasteiger partial charge in [-0.25, -0.2) is 4.39 Å². The number of benzene rings is 1. The number of rotatable bonds is 10. The maximum Gasteiger partial charge on any atom is 0.242 e. The second-order valence-electron chi connectivity index (χ2n) is 5.71. The molecule has 134 valence electrons. The van der Waals surface area contributed by atoms with Gasteiger partial charge in [0.25, 0.3) is 0 Å². The summed E-state index contributed by atoms with van der Waals surface area (Å²) in [5, 5.41) is 2.82. The Labute approximate surface area is 143 Å². The zero-order chi connectivity index (χ0) is 17.9. The fourth-order valence-corrected chi connectivity index (χ4v) is 2.30. The molecule has 0 spiro atoms. The molecule has 0 aliphatic rings. The Balaban J connectivity index is 2.74. The fourth-order valence-electron chi connectivity index (χ4n) is 2.30. The molecule has 1 atom stereocenters. The highest BCUT2D eigenvalue weighted by Crippen LogP contribution is 2.12. The lowest BCUT2D eigenvalue weighted by Crippen LogP contribution is -2.47. The molecule has 0 saturated carbocycles. The van der Waals surface area contributed by atoms with Crippen LogP contribution in [0.15, 0.2) is 24.3 Å². The molecule has 5 nitrogen and oxygen atoms in total. The normalized spacial score (nSPS) is 11.8. The minimum absolute atomic E-state index is 0.0821. The highest BCUT2D eigenvalue weighted by Gasteiger charge is 2.25. The van der Waals surface area contributed by atoms with Crippen molar-refractivity contribution in [1.29, 1.82) is 0 Å². The van der Waals surface area contributed by atoms with Crippen LogP contribution in [0.25, 0.3) is 0 Å². The van der Waals surface area contributed by atoms with Crippen LogP contribution in [0.3, 0.4) is 0 Å². The SMILES string of the molecule is CCCC(=O)N(Cc1ccc(F)cc1)C(C)C(=O)NCCCOC. The lowest BCUT2D eigenvalue weighted by molar-refractivity contribution is -0.140. The van der Waals surface area contributed by atoms with Gasteiger partial charge in [-0.3, -0.25) is 9.59 Å². The molecule has 0 saturated heterocycles. The second kappa shape index (κ2) is 10.8. The number of amides is 2. The van der Waals surface area contributed by atoms with E-state index >= 15 is 0 Å².